The number of rotatable bonds is 6. The third-order valence-electron chi connectivity index (χ3n) is 4.75. The molecule has 3 N–H and O–H groups in total. The van der Waals surface area contributed by atoms with Gasteiger partial charge >= 0.3 is 0 Å². The highest BCUT2D eigenvalue weighted by Gasteiger charge is 2.16. The number of primary sulfonamides is 1. The zero-order chi connectivity index (χ0) is 22.8. The van der Waals surface area contributed by atoms with Crippen LogP contribution in [0.3, 0.4) is 0 Å². The molecule has 10 heteroatoms. The number of hydrazone groups is 1. The summed E-state index contributed by atoms with van der Waals surface area (Å²) >= 11 is 5.84. The van der Waals surface area contributed by atoms with Crippen molar-refractivity contribution in [2.24, 2.45) is 10.2 Å². The van der Waals surface area contributed by atoms with E-state index in [1.165, 1.54) is 23.9 Å². The molecule has 0 fully saturated rings. The third-order valence-corrected chi connectivity index (χ3v) is 6.14. The Morgan fingerprint density at radius 1 is 1.19 bits per heavy atom. The fourth-order valence-corrected chi connectivity index (χ4v) is 4.07. The summed E-state index contributed by atoms with van der Waals surface area (Å²) in [5, 5.41) is 13.6. The van der Waals surface area contributed by atoms with Crippen molar-refractivity contribution in [1.82, 2.24) is 15.2 Å². The number of sulfonamides is 1. The SMILES string of the molecule is Cc1ccc(Cn2nc(C)c(C=NNC(=O)c3ccc(Cl)c(S(N)(=O)=O)c3)c2C)cc1. The maximum Gasteiger partial charge on any atom is 0.271 e. The molecule has 0 saturated heterocycles. The lowest BCUT2D eigenvalue weighted by molar-refractivity contribution is 0.0955. The van der Waals surface area contributed by atoms with Crippen LogP contribution in [0.2, 0.25) is 5.02 Å². The second kappa shape index (κ2) is 9.01. The van der Waals surface area contributed by atoms with Gasteiger partial charge in [-0.3, -0.25) is 9.48 Å². The van der Waals surface area contributed by atoms with Crippen molar-refractivity contribution in [3.8, 4) is 0 Å². The maximum atomic E-state index is 12.3. The number of nitrogens with two attached hydrogens (primary N) is 1. The lowest BCUT2D eigenvalue weighted by Crippen LogP contribution is -2.19. The Labute approximate surface area is 185 Å². The topological polar surface area (TPSA) is 119 Å². The van der Waals surface area contributed by atoms with E-state index >= 15 is 0 Å². The van der Waals surface area contributed by atoms with E-state index in [-0.39, 0.29) is 15.5 Å². The van der Waals surface area contributed by atoms with Gasteiger partial charge in [0.15, 0.2) is 0 Å². The van der Waals surface area contributed by atoms with E-state index in [0.717, 1.165) is 28.6 Å². The molecule has 0 spiro atoms. The average molecular weight is 460 g/mol. The predicted molar refractivity (Wildman–Crippen MR) is 120 cm³/mol. The van der Waals surface area contributed by atoms with Gasteiger partial charge in [0.05, 0.1) is 23.5 Å². The second-order valence-corrected chi connectivity index (χ2v) is 9.05. The Morgan fingerprint density at radius 2 is 1.87 bits per heavy atom. The molecule has 0 aliphatic rings. The van der Waals surface area contributed by atoms with E-state index < -0.39 is 15.9 Å². The highest BCUT2D eigenvalue weighted by atomic mass is 35.5. The highest BCUT2D eigenvalue weighted by molar-refractivity contribution is 7.89. The number of nitrogens with zero attached hydrogens (tertiary/aromatic N) is 3. The quantitative estimate of drug-likeness (QED) is 0.435. The van der Waals surface area contributed by atoms with Crippen molar-refractivity contribution in [3.05, 3.63) is 81.1 Å². The van der Waals surface area contributed by atoms with Crippen LogP contribution in [-0.4, -0.2) is 30.3 Å². The second-order valence-electron chi connectivity index (χ2n) is 7.12. The van der Waals surface area contributed by atoms with Crippen LogP contribution in [0, 0.1) is 20.8 Å². The number of amides is 1. The number of hydrogen-bond acceptors (Lipinski definition) is 5. The van der Waals surface area contributed by atoms with E-state index in [1.54, 1.807) is 0 Å². The predicted octanol–water partition coefficient (Wildman–Crippen LogP) is 2.92. The summed E-state index contributed by atoms with van der Waals surface area (Å²) in [4.78, 5) is 12.0. The van der Waals surface area contributed by atoms with Crippen molar-refractivity contribution in [2.45, 2.75) is 32.2 Å². The fourth-order valence-electron chi connectivity index (χ4n) is 3.00. The largest absolute Gasteiger partial charge is 0.271 e. The van der Waals surface area contributed by atoms with Crippen LogP contribution in [0.1, 0.15) is 38.4 Å². The van der Waals surface area contributed by atoms with Crippen LogP contribution in [-0.2, 0) is 16.6 Å². The summed E-state index contributed by atoms with van der Waals surface area (Å²) < 4.78 is 25.0. The number of aryl methyl sites for hydroxylation is 2. The summed E-state index contributed by atoms with van der Waals surface area (Å²) in [6.45, 7) is 6.44. The van der Waals surface area contributed by atoms with Crippen molar-refractivity contribution in [1.29, 1.82) is 0 Å². The molecule has 31 heavy (non-hydrogen) atoms. The molecule has 0 unspecified atom stereocenters. The molecule has 0 aliphatic heterocycles. The van der Waals surface area contributed by atoms with Gasteiger partial charge in [0.25, 0.3) is 5.91 Å². The van der Waals surface area contributed by atoms with Crippen molar-refractivity contribution in [3.63, 3.8) is 0 Å². The minimum atomic E-state index is -4.05. The van der Waals surface area contributed by atoms with Crippen LogP contribution in [0.15, 0.2) is 52.5 Å². The Hall–Kier alpha value is -3.01. The van der Waals surface area contributed by atoms with Gasteiger partial charge in [-0.2, -0.15) is 10.2 Å². The van der Waals surface area contributed by atoms with Gasteiger partial charge in [0, 0.05) is 16.8 Å². The zero-order valence-corrected chi connectivity index (χ0v) is 18.8. The molecule has 0 saturated carbocycles. The molecule has 3 rings (SSSR count). The Morgan fingerprint density at radius 3 is 2.52 bits per heavy atom. The minimum absolute atomic E-state index is 0.0604. The molecule has 3 aromatic rings. The first-order chi connectivity index (χ1) is 14.6. The van der Waals surface area contributed by atoms with E-state index in [9.17, 15) is 13.2 Å². The Balaban J connectivity index is 1.75. The third kappa shape index (κ3) is 5.38. The van der Waals surface area contributed by atoms with Crippen molar-refractivity contribution < 1.29 is 13.2 Å². The lowest BCUT2D eigenvalue weighted by atomic mass is 10.1. The molecule has 0 atom stereocenters. The van der Waals surface area contributed by atoms with Gasteiger partial charge in [-0.05, 0) is 44.5 Å². The van der Waals surface area contributed by atoms with Gasteiger partial charge in [-0.25, -0.2) is 19.0 Å². The van der Waals surface area contributed by atoms with E-state index in [0.29, 0.717) is 6.54 Å². The van der Waals surface area contributed by atoms with Crippen LogP contribution < -0.4 is 10.6 Å². The van der Waals surface area contributed by atoms with Crippen LogP contribution in [0.25, 0.3) is 0 Å². The summed E-state index contributed by atoms with van der Waals surface area (Å²) in [5.41, 5.74) is 7.22. The number of aromatic nitrogens is 2. The fraction of sp³-hybridized carbons (Fsp3) is 0.190. The minimum Gasteiger partial charge on any atom is -0.267 e. The summed E-state index contributed by atoms with van der Waals surface area (Å²) in [6.07, 6.45) is 1.51. The summed E-state index contributed by atoms with van der Waals surface area (Å²) in [5.74, 6) is -0.597. The molecular weight excluding hydrogens is 438 g/mol. The van der Waals surface area contributed by atoms with Crippen LogP contribution >= 0.6 is 11.6 Å². The van der Waals surface area contributed by atoms with E-state index in [4.69, 9.17) is 16.7 Å². The maximum absolute atomic E-state index is 12.3. The van der Waals surface area contributed by atoms with Gasteiger partial charge in [-0.15, -0.1) is 0 Å². The summed E-state index contributed by atoms with van der Waals surface area (Å²) in [7, 11) is -4.05. The number of carbonyl (C=O) groups excluding carboxylic acids is 1. The molecule has 162 valence electrons. The normalized spacial score (nSPS) is 11.8. The van der Waals surface area contributed by atoms with E-state index in [1.807, 2.05) is 25.5 Å². The molecule has 0 aliphatic carbocycles. The monoisotopic (exact) mass is 459 g/mol. The lowest BCUT2D eigenvalue weighted by Gasteiger charge is -2.06. The molecule has 2 aromatic carbocycles. The van der Waals surface area contributed by atoms with Gasteiger partial charge in [0.1, 0.15) is 4.90 Å². The highest BCUT2D eigenvalue weighted by Crippen LogP contribution is 2.21. The smallest absolute Gasteiger partial charge is 0.267 e. The Bertz CT molecular complexity index is 1260. The zero-order valence-electron chi connectivity index (χ0n) is 17.3. The van der Waals surface area contributed by atoms with Crippen LogP contribution in [0.5, 0.6) is 0 Å². The van der Waals surface area contributed by atoms with E-state index in [2.05, 4.69) is 39.9 Å². The van der Waals surface area contributed by atoms with Gasteiger partial charge < -0.3 is 0 Å². The number of nitrogens with one attached hydrogen (secondary N) is 1. The first kappa shape index (κ1) is 22.7. The molecular formula is C21H22ClN5O3S. The Kier molecular flexibility index (Phi) is 6.59. The molecule has 8 nitrogen and oxygen atoms in total. The molecule has 0 bridgehead atoms. The number of hydrogen-bond donors (Lipinski definition) is 2. The average Bonchev–Trinajstić information content (AvgIpc) is 2.96. The van der Waals surface area contributed by atoms with Crippen molar-refractivity contribution >= 4 is 33.7 Å². The van der Waals surface area contributed by atoms with Crippen LogP contribution in [0.4, 0.5) is 0 Å². The number of benzene rings is 2. The first-order valence-corrected chi connectivity index (χ1v) is 11.2. The molecule has 1 heterocycles. The first-order valence-electron chi connectivity index (χ1n) is 9.31. The standard InChI is InChI=1S/C21H22ClN5O3S/c1-13-4-6-16(7-5-13)12-27-15(3)18(14(2)26-27)11-24-25-21(28)17-8-9-19(22)20(10-17)31(23,29)30/h4-11H,12H2,1-3H3,(H,25,28)(H2,23,29,30). The number of carbonyl (C=O) groups is 1. The number of halogens is 1. The summed E-state index contributed by atoms with van der Waals surface area (Å²) in [6, 6.07) is 12.0. The van der Waals surface area contributed by atoms with Gasteiger partial charge in [0.2, 0.25) is 10.0 Å². The van der Waals surface area contributed by atoms with Gasteiger partial charge in [-0.1, -0.05) is 41.4 Å². The van der Waals surface area contributed by atoms with Crippen molar-refractivity contribution in [2.75, 3.05) is 0 Å². The molecule has 1 aromatic heterocycles. The molecule has 0 radical (unpaired) electrons. The molecule has 1 amide bonds.